The number of halogens is 3. The maximum Gasteiger partial charge on any atom is 0.490 e. The number of alkyl halides is 3. The first-order valence-electron chi connectivity index (χ1n) is 11.3. The number of hydrogen-bond donors (Lipinski definition) is 4. The van der Waals surface area contributed by atoms with E-state index in [2.05, 4.69) is 36.7 Å². The van der Waals surface area contributed by atoms with E-state index in [1.54, 1.807) is 6.26 Å². The molecule has 1 atom stereocenters. The van der Waals surface area contributed by atoms with Gasteiger partial charge in [0, 0.05) is 54.6 Å². The Balaban J connectivity index is 0.000000505. The van der Waals surface area contributed by atoms with Gasteiger partial charge in [0.05, 0.1) is 11.9 Å². The molecular weight excluding hydrogens is 527 g/mol. The summed E-state index contributed by atoms with van der Waals surface area (Å²) < 4.78 is 45.2. The quantitative estimate of drug-likeness (QED) is 0.306. The van der Waals surface area contributed by atoms with Gasteiger partial charge in [-0.3, -0.25) is 4.21 Å². The van der Waals surface area contributed by atoms with Gasteiger partial charge in [-0.2, -0.15) is 27.9 Å². The molecule has 1 unspecified atom stereocenters. The molecule has 2 aromatic heterocycles. The van der Waals surface area contributed by atoms with E-state index in [4.69, 9.17) is 15.6 Å². The summed E-state index contributed by atoms with van der Waals surface area (Å²) in [4.78, 5) is 19.8. The molecule has 0 saturated heterocycles. The Hall–Kier alpha value is -3.97. The minimum Gasteiger partial charge on any atom is -0.475 e. The SMILES string of the molecule is CN(CCN)c1ccc(Nc2nc(NC3CC3)c3ncc(C#N)n3n2)cc1CS(C)=O.O=C(O)C(F)(F)F. The molecule has 1 fully saturated rings. The third-order valence-corrected chi connectivity index (χ3v) is 5.93. The number of nitriles is 1. The molecule has 0 amide bonds. The van der Waals surface area contributed by atoms with Gasteiger partial charge in [-0.05, 0) is 36.6 Å². The fourth-order valence-corrected chi connectivity index (χ4v) is 4.01. The number of nitrogens with two attached hydrogens (primary N) is 1. The Bertz CT molecular complexity index is 1370. The zero-order chi connectivity index (χ0) is 28.0. The number of hydrogen-bond acceptors (Lipinski definition) is 10. The second-order valence-electron chi connectivity index (χ2n) is 8.39. The monoisotopic (exact) mass is 553 g/mol. The zero-order valence-electron chi connectivity index (χ0n) is 20.5. The molecule has 38 heavy (non-hydrogen) atoms. The summed E-state index contributed by atoms with van der Waals surface area (Å²) in [5.74, 6) is -1.39. The number of fused-ring (bicyclic) bond motifs is 1. The van der Waals surface area contributed by atoms with Crippen LogP contribution in [0, 0.1) is 11.3 Å². The Morgan fingerprint density at radius 2 is 2.08 bits per heavy atom. The van der Waals surface area contributed by atoms with Crippen LogP contribution in [0.25, 0.3) is 5.65 Å². The van der Waals surface area contributed by atoms with Crippen LogP contribution in [0.5, 0.6) is 0 Å². The molecule has 204 valence electrons. The average molecular weight is 554 g/mol. The van der Waals surface area contributed by atoms with Gasteiger partial charge >= 0.3 is 12.1 Å². The summed E-state index contributed by atoms with van der Waals surface area (Å²) >= 11 is 0. The van der Waals surface area contributed by atoms with Gasteiger partial charge in [0.15, 0.2) is 17.2 Å². The number of aliphatic carboxylic acids is 1. The van der Waals surface area contributed by atoms with Gasteiger partial charge in [0.2, 0.25) is 5.95 Å². The number of rotatable bonds is 9. The van der Waals surface area contributed by atoms with E-state index in [0.717, 1.165) is 29.8 Å². The van der Waals surface area contributed by atoms with Crippen molar-refractivity contribution in [2.45, 2.75) is 30.8 Å². The van der Waals surface area contributed by atoms with Gasteiger partial charge in [-0.1, -0.05) is 0 Å². The minimum absolute atomic E-state index is 0.333. The van der Waals surface area contributed by atoms with Crippen molar-refractivity contribution in [1.82, 2.24) is 19.6 Å². The highest BCUT2D eigenvalue weighted by atomic mass is 32.2. The fraction of sp³-hybridized carbons (Fsp3) is 0.409. The number of likely N-dealkylation sites (N-methyl/N-ethyl adjacent to an activating group) is 1. The molecule has 12 nitrogen and oxygen atoms in total. The van der Waals surface area contributed by atoms with E-state index in [1.807, 2.05) is 25.2 Å². The predicted molar refractivity (Wildman–Crippen MR) is 136 cm³/mol. The lowest BCUT2D eigenvalue weighted by atomic mass is 10.1. The van der Waals surface area contributed by atoms with E-state index >= 15 is 0 Å². The lowest BCUT2D eigenvalue weighted by Crippen LogP contribution is -2.26. The summed E-state index contributed by atoms with van der Waals surface area (Å²) in [5, 5.41) is 27.5. The second kappa shape index (κ2) is 12.0. The number of nitrogens with zero attached hydrogens (tertiary/aromatic N) is 6. The summed E-state index contributed by atoms with van der Waals surface area (Å²) in [6.45, 7) is 1.23. The standard InChI is InChI=1S/C20H25N9OS.C2HF3O2/c1-28(8-7-21)17-6-5-15(9-13(17)12-31(2)30)25-20-26-18(24-14-3-4-14)19-23-11-16(10-22)29(19)27-20;3-2(4,5)1(6)7/h5-6,9,11,14H,3-4,7-8,12,21H2,1-2H3,(H2,24,25,26,27);(H,6,7). The van der Waals surface area contributed by atoms with E-state index in [9.17, 15) is 22.6 Å². The second-order valence-corrected chi connectivity index (χ2v) is 9.83. The molecule has 3 aromatic rings. The van der Waals surface area contributed by atoms with Gasteiger partial charge in [0.1, 0.15) is 6.07 Å². The molecule has 1 aliphatic carbocycles. The maximum absolute atomic E-state index is 11.9. The molecule has 0 bridgehead atoms. The van der Waals surface area contributed by atoms with Gasteiger partial charge < -0.3 is 26.4 Å². The van der Waals surface area contributed by atoms with Crippen LogP contribution in [0.2, 0.25) is 0 Å². The molecule has 0 aliphatic heterocycles. The van der Waals surface area contributed by atoms with Gasteiger partial charge in [0.25, 0.3) is 0 Å². The Morgan fingerprint density at radius 1 is 1.39 bits per heavy atom. The predicted octanol–water partition coefficient (Wildman–Crippen LogP) is 2.22. The Morgan fingerprint density at radius 3 is 2.63 bits per heavy atom. The first kappa shape index (κ1) is 28.6. The molecule has 2 heterocycles. The average Bonchev–Trinajstić information content (AvgIpc) is 3.54. The summed E-state index contributed by atoms with van der Waals surface area (Å²) in [7, 11) is 0.967. The van der Waals surface area contributed by atoms with E-state index in [0.29, 0.717) is 48.0 Å². The Kier molecular flexibility index (Phi) is 9.07. The normalized spacial score (nSPS) is 13.7. The van der Waals surface area contributed by atoms with Crippen molar-refractivity contribution in [1.29, 1.82) is 5.26 Å². The third-order valence-electron chi connectivity index (χ3n) is 5.21. The maximum atomic E-state index is 11.9. The van der Waals surface area contributed by atoms with Crippen LogP contribution < -0.4 is 21.3 Å². The number of benzene rings is 1. The van der Waals surface area contributed by atoms with Crippen LogP contribution in [0.1, 0.15) is 24.1 Å². The van der Waals surface area contributed by atoms with Crippen LogP contribution in [0.4, 0.5) is 36.3 Å². The summed E-state index contributed by atoms with van der Waals surface area (Å²) in [5.41, 5.74) is 9.25. The molecule has 5 N–H and O–H groups in total. The van der Waals surface area contributed by atoms with Crippen LogP contribution in [-0.4, -0.2) is 73.5 Å². The van der Waals surface area contributed by atoms with Crippen LogP contribution >= 0.6 is 0 Å². The molecule has 1 aromatic carbocycles. The summed E-state index contributed by atoms with van der Waals surface area (Å²) in [6.07, 6.45) is 0.255. The molecule has 1 aliphatic rings. The number of carboxylic acid groups (broad SMARTS) is 1. The highest BCUT2D eigenvalue weighted by Gasteiger charge is 2.38. The van der Waals surface area contributed by atoms with E-state index in [1.165, 1.54) is 10.7 Å². The number of carboxylic acids is 1. The highest BCUT2D eigenvalue weighted by molar-refractivity contribution is 7.83. The van der Waals surface area contributed by atoms with Gasteiger partial charge in [-0.15, -0.1) is 5.10 Å². The molecule has 4 rings (SSSR count). The van der Waals surface area contributed by atoms with E-state index < -0.39 is 22.9 Å². The topological polar surface area (TPSA) is 175 Å². The van der Waals surface area contributed by atoms with Crippen molar-refractivity contribution in [2.24, 2.45) is 5.73 Å². The first-order chi connectivity index (χ1) is 17.9. The van der Waals surface area contributed by atoms with Crippen LogP contribution in [-0.2, 0) is 21.3 Å². The van der Waals surface area contributed by atoms with Crippen molar-refractivity contribution in [3.8, 4) is 6.07 Å². The van der Waals surface area contributed by atoms with Crippen molar-refractivity contribution >= 4 is 45.6 Å². The number of aromatic nitrogens is 4. The highest BCUT2D eigenvalue weighted by Crippen LogP contribution is 2.29. The molecule has 1 saturated carbocycles. The smallest absolute Gasteiger partial charge is 0.475 e. The van der Waals surface area contributed by atoms with Crippen molar-refractivity contribution in [3.05, 3.63) is 35.7 Å². The van der Waals surface area contributed by atoms with Crippen molar-refractivity contribution in [2.75, 3.05) is 41.9 Å². The summed E-state index contributed by atoms with van der Waals surface area (Å²) in [6, 6.07) is 8.32. The van der Waals surface area contributed by atoms with Gasteiger partial charge in [-0.25, -0.2) is 9.78 Å². The Labute approximate surface area is 218 Å². The lowest BCUT2D eigenvalue weighted by molar-refractivity contribution is -0.192. The number of imidazole rings is 1. The minimum atomic E-state index is -5.08. The van der Waals surface area contributed by atoms with Crippen LogP contribution in [0.15, 0.2) is 24.4 Å². The largest absolute Gasteiger partial charge is 0.490 e. The fourth-order valence-electron chi connectivity index (χ4n) is 3.34. The molecule has 0 radical (unpaired) electrons. The number of nitrogens with one attached hydrogen (secondary N) is 2. The zero-order valence-corrected chi connectivity index (χ0v) is 21.3. The molecule has 0 spiro atoms. The van der Waals surface area contributed by atoms with Crippen molar-refractivity contribution in [3.63, 3.8) is 0 Å². The first-order valence-corrected chi connectivity index (χ1v) is 13.0. The number of carbonyl (C=O) groups is 1. The molecular formula is C22H26F3N9O3S. The van der Waals surface area contributed by atoms with E-state index in [-0.39, 0.29) is 0 Å². The van der Waals surface area contributed by atoms with Crippen LogP contribution in [0.3, 0.4) is 0 Å². The lowest BCUT2D eigenvalue weighted by Gasteiger charge is -2.22. The number of anilines is 4. The van der Waals surface area contributed by atoms with Crippen molar-refractivity contribution < 1.29 is 27.3 Å². The third kappa shape index (κ3) is 7.52. The molecule has 16 heteroatoms.